The molecular formula is C18H23FN2O3. The molecule has 1 saturated carbocycles. The molecule has 6 heteroatoms. The lowest BCUT2D eigenvalue weighted by molar-refractivity contribution is 0.160. The molecule has 3 rings (SSSR count). The van der Waals surface area contributed by atoms with Crippen LogP contribution in [-0.2, 0) is 6.54 Å². The van der Waals surface area contributed by atoms with E-state index in [0.717, 1.165) is 25.1 Å². The number of aromatic nitrogens is 1. The molecule has 0 radical (unpaired) electrons. The van der Waals surface area contributed by atoms with Gasteiger partial charge in [0.15, 0.2) is 0 Å². The Balaban J connectivity index is 1.78. The van der Waals surface area contributed by atoms with E-state index in [1.165, 1.54) is 13.2 Å². The molecule has 0 amide bonds. The molecule has 1 aromatic carbocycles. The number of rotatable bonds is 7. The van der Waals surface area contributed by atoms with Gasteiger partial charge in [-0.3, -0.25) is 4.90 Å². The standard InChI is InChI=1S/C18H23FN2O3/c1-12-16(9-21(2)10-18(11-22)6-7-18)20-17(24-12)14-8-13(23-3)4-5-15(14)19/h4-5,8,22H,6-7,9-11H2,1-3H3. The highest BCUT2D eigenvalue weighted by atomic mass is 19.1. The maximum Gasteiger partial charge on any atom is 0.229 e. The molecule has 0 saturated heterocycles. The maximum atomic E-state index is 14.1. The van der Waals surface area contributed by atoms with E-state index in [1.807, 2.05) is 14.0 Å². The van der Waals surface area contributed by atoms with Crippen LogP contribution in [0, 0.1) is 18.2 Å². The summed E-state index contributed by atoms with van der Waals surface area (Å²) in [6, 6.07) is 4.49. The third-order valence-electron chi connectivity index (χ3n) is 4.61. The topological polar surface area (TPSA) is 58.7 Å². The Labute approximate surface area is 141 Å². The van der Waals surface area contributed by atoms with E-state index >= 15 is 0 Å². The van der Waals surface area contributed by atoms with Gasteiger partial charge in [0.05, 0.1) is 18.4 Å². The Bertz CT molecular complexity index is 725. The number of methoxy groups -OCH3 is 1. The Kier molecular flexibility index (Phi) is 4.60. The first kappa shape index (κ1) is 16.9. The molecule has 0 spiro atoms. The second kappa shape index (κ2) is 6.53. The number of aliphatic hydroxyl groups excluding tert-OH is 1. The molecule has 2 aromatic rings. The lowest BCUT2D eigenvalue weighted by atomic mass is 10.1. The van der Waals surface area contributed by atoms with Crippen molar-refractivity contribution in [1.29, 1.82) is 0 Å². The third kappa shape index (κ3) is 3.44. The van der Waals surface area contributed by atoms with Gasteiger partial charge in [0, 0.05) is 25.1 Å². The van der Waals surface area contributed by atoms with E-state index in [2.05, 4.69) is 9.88 Å². The summed E-state index contributed by atoms with van der Waals surface area (Å²) in [7, 11) is 3.53. The summed E-state index contributed by atoms with van der Waals surface area (Å²) in [5, 5.41) is 9.44. The van der Waals surface area contributed by atoms with Crippen molar-refractivity contribution in [2.75, 3.05) is 27.3 Å². The fraction of sp³-hybridized carbons (Fsp3) is 0.500. The molecule has 0 unspecified atom stereocenters. The molecule has 5 nitrogen and oxygen atoms in total. The molecule has 1 fully saturated rings. The molecule has 0 aliphatic heterocycles. The number of benzene rings is 1. The molecule has 1 heterocycles. The number of ether oxygens (including phenoxy) is 1. The van der Waals surface area contributed by atoms with Gasteiger partial charge in [-0.15, -0.1) is 0 Å². The molecule has 1 N–H and O–H groups in total. The van der Waals surface area contributed by atoms with Gasteiger partial charge >= 0.3 is 0 Å². The second-order valence-electron chi connectivity index (χ2n) is 6.70. The highest BCUT2D eigenvalue weighted by molar-refractivity contribution is 5.57. The van der Waals surface area contributed by atoms with Gasteiger partial charge < -0.3 is 14.3 Å². The number of aryl methyl sites for hydroxylation is 1. The van der Waals surface area contributed by atoms with Crippen LogP contribution in [0.25, 0.3) is 11.5 Å². The molecule has 0 bridgehead atoms. The van der Waals surface area contributed by atoms with E-state index < -0.39 is 5.82 Å². The largest absolute Gasteiger partial charge is 0.497 e. The Hall–Kier alpha value is -1.92. The van der Waals surface area contributed by atoms with Crippen molar-refractivity contribution < 1.29 is 18.7 Å². The van der Waals surface area contributed by atoms with E-state index in [1.54, 1.807) is 12.1 Å². The van der Waals surface area contributed by atoms with Crippen LogP contribution in [0.4, 0.5) is 4.39 Å². The van der Waals surface area contributed by atoms with E-state index in [9.17, 15) is 9.50 Å². The Morgan fingerprint density at radius 3 is 2.79 bits per heavy atom. The summed E-state index contributed by atoms with van der Waals surface area (Å²) in [4.78, 5) is 6.59. The van der Waals surface area contributed by atoms with Gasteiger partial charge in [-0.1, -0.05) is 0 Å². The molecule has 1 aliphatic carbocycles. The quantitative estimate of drug-likeness (QED) is 0.843. The summed E-state index contributed by atoms with van der Waals surface area (Å²) < 4.78 is 24.9. The number of aliphatic hydroxyl groups is 1. The van der Waals surface area contributed by atoms with Crippen molar-refractivity contribution in [2.45, 2.75) is 26.3 Å². The summed E-state index contributed by atoms with van der Waals surface area (Å²) in [6.45, 7) is 3.47. The number of hydrogen-bond acceptors (Lipinski definition) is 5. The fourth-order valence-electron chi connectivity index (χ4n) is 2.91. The zero-order valence-corrected chi connectivity index (χ0v) is 14.3. The van der Waals surface area contributed by atoms with Gasteiger partial charge in [-0.2, -0.15) is 0 Å². The Morgan fingerprint density at radius 1 is 1.42 bits per heavy atom. The first-order valence-electron chi connectivity index (χ1n) is 8.06. The zero-order valence-electron chi connectivity index (χ0n) is 14.3. The van der Waals surface area contributed by atoms with Gasteiger partial charge in [-0.25, -0.2) is 9.37 Å². The van der Waals surface area contributed by atoms with Crippen LogP contribution >= 0.6 is 0 Å². The highest BCUT2D eigenvalue weighted by Gasteiger charge is 2.42. The lowest BCUT2D eigenvalue weighted by Gasteiger charge is -2.21. The van der Waals surface area contributed by atoms with Crippen LogP contribution in [-0.4, -0.2) is 42.3 Å². The zero-order chi connectivity index (χ0) is 17.3. The summed E-state index contributed by atoms with van der Waals surface area (Å²) in [5.41, 5.74) is 1.12. The molecule has 1 aliphatic rings. The summed E-state index contributed by atoms with van der Waals surface area (Å²) in [5.74, 6) is 1.09. The van der Waals surface area contributed by atoms with Crippen molar-refractivity contribution in [3.05, 3.63) is 35.5 Å². The first-order chi connectivity index (χ1) is 11.5. The monoisotopic (exact) mass is 334 g/mol. The fourth-order valence-corrected chi connectivity index (χ4v) is 2.91. The number of hydrogen-bond donors (Lipinski definition) is 1. The van der Waals surface area contributed by atoms with E-state index in [-0.39, 0.29) is 17.9 Å². The van der Waals surface area contributed by atoms with Crippen LogP contribution in [0.2, 0.25) is 0 Å². The molecule has 130 valence electrons. The van der Waals surface area contributed by atoms with Crippen LogP contribution < -0.4 is 4.74 Å². The Morgan fingerprint density at radius 2 is 2.17 bits per heavy atom. The van der Waals surface area contributed by atoms with Crippen LogP contribution in [0.5, 0.6) is 5.75 Å². The minimum Gasteiger partial charge on any atom is -0.497 e. The second-order valence-corrected chi connectivity index (χ2v) is 6.70. The molecule has 0 atom stereocenters. The minimum absolute atomic E-state index is 0.0497. The van der Waals surface area contributed by atoms with Crippen molar-refractivity contribution in [3.8, 4) is 17.2 Å². The summed E-state index contributed by atoms with van der Waals surface area (Å²) in [6.07, 6.45) is 2.12. The number of oxazole rings is 1. The van der Waals surface area contributed by atoms with Gasteiger partial charge in [0.2, 0.25) is 5.89 Å². The lowest BCUT2D eigenvalue weighted by Crippen LogP contribution is -2.28. The van der Waals surface area contributed by atoms with Crippen molar-refractivity contribution in [1.82, 2.24) is 9.88 Å². The average molecular weight is 334 g/mol. The van der Waals surface area contributed by atoms with Crippen LogP contribution in [0.15, 0.2) is 22.6 Å². The van der Waals surface area contributed by atoms with Gasteiger partial charge in [0.1, 0.15) is 17.3 Å². The van der Waals surface area contributed by atoms with Crippen LogP contribution in [0.3, 0.4) is 0 Å². The first-order valence-corrected chi connectivity index (χ1v) is 8.06. The minimum atomic E-state index is -0.394. The molecule has 24 heavy (non-hydrogen) atoms. The maximum absolute atomic E-state index is 14.1. The SMILES string of the molecule is COc1ccc(F)c(-c2nc(CN(C)CC3(CO)CC3)c(C)o2)c1. The predicted octanol–water partition coefficient (Wildman–Crippen LogP) is 3.00. The van der Waals surface area contributed by atoms with Crippen molar-refractivity contribution >= 4 is 0 Å². The highest BCUT2D eigenvalue weighted by Crippen LogP contribution is 2.45. The van der Waals surface area contributed by atoms with Gasteiger partial charge in [0.25, 0.3) is 0 Å². The van der Waals surface area contributed by atoms with E-state index in [4.69, 9.17) is 9.15 Å². The average Bonchev–Trinajstić information content (AvgIpc) is 3.24. The van der Waals surface area contributed by atoms with Crippen molar-refractivity contribution in [2.24, 2.45) is 5.41 Å². The normalized spacial score (nSPS) is 15.8. The van der Waals surface area contributed by atoms with Crippen molar-refractivity contribution in [3.63, 3.8) is 0 Å². The predicted molar refractivity (Wildman–Crippen MR) is 88.3 cm³/mol. The molecular weight excluding hydrogens is 311 g/mol. The van der Waals surface area contributed by atoms with E-state index in [0.29, 0.717) is 23.6 Å². The van der Waals surface area contributed by atoms with Crippen LogP contribution in [0.1, 0.15) is 24.3 Å². The number of nitrogens with zero attached hydrogens (tertiary/aromatic N) is 2. The third-order valence-corrected chi connectivity index (χ3v) is 4.61. The summed E-state index contributed by atoms with van der Waals surface area (Å²) >= 11 is 0. The smallest absolute Gasteiger partial charge is 0.229 e. The molecule has 1 aromatic heterocycles. The number of halogens is 1. The van der Waals surface area contributed by atoms with Gasteiger partial charge in [-0.05, 0) is 45.0 Å².